The van der Waals surface area contributed by atoms with Crippen molar-refractivity contribution in [3.63, 3.8) is 0 Å². The number of rotatable bonds is 6. The van der Waals surface area contributed by atoms with E-state index in [1.165, 1.54) is 23.9 Å². The van der Waals surface area contributed by atoms with Crippen molar-refractivity contribution in [2.45, 2.75) is 32.7 Å². The lowest BCUT2D eigenvalue weighted by atomic mass is 10.0. The van der Waals surface area contributed by atoms with Crippen molar-refractivity contribution in [2.24, 2.45) is 0 Å². The van der Waals surface area contributed by atoms with Crippen molar-refractivity contribution in [2.75, 3.05) is 39.0 Å². The Morgan fingerprint density at radius 3 is 2.37 bits per heavy atom. The molecule has 2 saturated heterocycles. The van der Waals surface area contributed by atoms with Gasteiger partial charge in [-0.2, -0.15) is 24.9 Å². The molecule has 2 aromatic rings. The summed E-state index contributed by atoms with van der Waals surface area (Å²) in [5.74, 6) is 0.328. The number of allylic oxidation sites excluding steroid dienone is 2. The second-order valence-electron chi connectivity index (χ2n) is 9.76. The van der Waals surface area contributed by atoms with Gasteiger partial charge in [-0.1, -0.05) is 30.4 Å². The van der Waals surface area contributed by atoms with Gasteiger partial charge in [0, 0.05) is 60.3 Å². The summed E-state index contributed by atoms with van der Waals surface area (Å²) < 4.78 is 40.0. The van der Waals surface area contributed by atoms with E-state index in [4.69, 9.17) is 0 Å². The number of aromatic nitrogens is 1. The molecule has 1 aromatic heterocycles. The normalized spacial score (nSPS) is 19.0. The van der Waals surface area contributed by atoms with Gasteiger partial charge in [0.15, 0.2) is 0 Å². The quantitative estimate of drug-likeness (QED) is 0.390. The van der Waals surface area contributed by atoms with Crippen LogP contribution in [0.15, 0.2) is 53.3 Å². The van der Waals surface area contributed by atoms with Crippen LogP contribution in [0.25, 0.3) is 6.08 Å². The molecule has 2 aliphatic rings. The Labute approximate surface area is 242 Å². The molecule has 0 bridgehead atoms. The Hall–Kier alpha value is -3.32. The number of nitrogens with one attached hydrogen (secondary N) is 2. The van der Waals surface area contributed by atoms with Crippen molar-refractivity contribution < 1.29 is 33.7 Å². The third-order valence-corrected chi connectivity index (χ3v) is 8.03. The topological polar surface area (TPSA) is 131 Å². The van der Waals surface area contributed by atoms with Crippen LogP contribution in [0.4, 0.5) is 13.2 Å². The minimum absolute atomic E-state index is 0. The summed E-state index contributed by atoms with van der Waals surface area (Å²) in [6, 6.07) is 5.57. The van der Waals surface area contributed by atoms with Gasteiger partial charge in [0.25, 0.3) is 11.8 Å². The highest BCUT2D eigenvalue weighted by Gasteiger charge is 2.33. The molecule has 2 fully saturated rings. The van der Waals surface area contributed by atoms with Crippen molar-refractivity contribution in [1.82, 2.24) is 20.1 Å². The number of halogens is 3. The number of hydrogen-bond acceptors (Lipinski definition) is 4. The van der Waals surface area contributed by atoms with Crippen molar-refractivity contribution >= 4 is 29.7 Å². The second kappa shape index (κ2) is 14.0. The Kier molecular flexibility index (Phi) is 11.6. The minimum Gasteiger partial charge on any atom is -0.412 e. The van der Waals surface area contributed by atoms with E-state index in [0.29, 0.717) is 46.9 Å². The minimum atomic E-state index is -4.40. The number of likely N-dealkylation sites (N-methyl/N-ethyl adjacent to an activating group) is 1. The summed E-state index contributed by atoms with van der Waals surface area (Å²) in [5, 5.41) is 2.86. The molecule has 12 heteroatoms. The van der Waals surface area contributed by atoms with E-state index >= 15 is 0 Å². The lowest BCUT2D eigenvalue weighted by molar-refractivity contribution is -0.138. The largest absolute Gasteiger partial charge is 0.416 e. The number of piperazine rings is 1. The number of benzene rings is 1. The van der Waals surface area contributed by atoms with Crippen LogP contribution in [0.1, 0.15) is 45.4 Å². The van der Waals surface area contributed by atoms with Crippen LogP contribution in [-0.4, -0.2) is 76.5 Å². The molecule has 8 nitrogen and oxygen atoms in total. The fourth-order valence-electron chi connectivity index (χ4n) is 4.90. The Balaban J connectivity index is 0.00000294. The molecule has 2 aliphatic heterocycles. The first kappa shape index (κ1) is 33.9. The van der Waals surface area contributed by atoms with Crippen LogP contribution in [0, 0.1) is 13.8 Å². The summed E-state index contributed by atoms with van der Waals surface area (Å²) in [6.45, 7) is 8.53. The third kappa shape index (κ3) is 7.50. The van der Waals surface area contributed by atoms with E-state index in [9.17, 15) is 22.8 Å². The van der Waals surface area contributed by atoms with Crippen LogP contribution in [-0.2, 0) is 16.7 Å². The predicted octanol–water partition coefficient (Wildman–Crippen LogP) is 3.67. The van der Waals surface area contributed by atoms with Crippen molar-refractivity contribution in [3.8, 4) is 0 Å². The molecule has 0 spiro atoms. The number of amides is 2. The molecule has 4 rings (SSSR count). The molecule has 0 atom stereocenters. The number of thioether (sulfide) groups is 1. The predicted molar refractivity (Wildman–Crippen MR) is 156 cm³/mol. The maximum absolute atomic E-state index is 13.3. The van der Waals surface area contributed by atoms with Crippen molar-refractivity contribution in [3.05, 3.63) is 86.9 Å². The van der Waals surface area contributed by atoms with Gasteiger partial charge in [0.05, 0.1) is 16.7 Å². The van der Waals surface area contributed by atoms with Gasteiger partial charge >= 0.3 is 6.18 Å². The average Bonchev–Trinajstić information content (AvgIpc) is 3.35. The van der Waals surface area contributed by atoms with E-state index < -0.39 is 11.7 Å². The van der Waals surface area contributed by atoms with Gasteiger partial charge in [-0.05, 0) is 51.1 Å². The molecular weight excluding hydrogens is 557 g/mol. The SMILES string of the molecule is C/C=C1/NC(=O)C(=C\c2[nH]c(C)c(C(=O)N3CCN(C)CC3)c2C)/C1=C/CSCc1ccccc1C(F)(F)F.O.O. The molecule has 41 heavy (non-hydrogen) atoms. The number of H-pyrrole nitrogens is 1. The van der Waals surface area contributed by atoms with Crippen LogP contribution in [0.3, 0.4) is 0 Å². The smallest absolute Gasteiger partial charge is 0.412 e. The third-order valence-electron chi connectivity index (χ3n) is 7.12. The monoisotopic (exact) mass is 594 g/mol. The summed E-state index contributed by atoms with van der Waals surface area (Å²) in [5.41, 5.74) is 4.23. The van der Waals surface area contributed by atoms with E-state index in [2.05, 4.69) is 15.2 Å². The molecule has 224 valence electrons. The van der Waals surface area contributed by atoms with Crippen LogP contribution in [0.5, 0.6) is 0 Å². The molecule has 1 aromatic carbocycles. The fraction of sp³-hybridized carbons (Fsp3) is 0.379. The lowest BCUT2D eigenvalue weighted by Crippen LogP contribution is -2.47. The van der Waals surface area contributed by atoms with Crippen molar-refractivity contribution in [1.29, 1.82) is 0 Å². The average molecular weight is 595 g/mol. The van der Waals surface area contributed by atoms with Gasteiger partial charge < -0.3 is 31.1 Å². The molecule has 0 saturated carbocycles. The van der Waals surface area contributed by atoms with E-state index in [-0.39, 0.29) is 34.1 Å². The number of aryl methyl sites for hydroxylation is 1. The van der Waals surface area contributed by atoms with Gasteiger partial charge in [-0.3, -0.25) is 9.59 Å². The first-order chi connectivity index (χ1) is 18.5. The Morgan fingerprint density at radius 2 is 1.73 bits per heavy atom. The molecule has 0 aliphatic carbocycles. The Morgan fingerprint density at radius 1 is 1.07 bits per heavy atom. The van der Waals surface area contributed by atoms with E-state index in [1.54, 1.807) is 18.2 Å². The van der Waals surface area contributed by atoms with E-state index in [0.717, 1.165) is 30.4 Å². The van der Waals surface area contributed by atoms with Gasteiger partial charge in [-0.15, -0.1) is 0 Å². The van der Waals surface area contributed by atoms with Crippen LogP contribution < -0.4 is 5.32 Å². The number of carbonyl (C=O) groups is 2. The maximum Gasteiger partial charge on any atom is 0.416 e. The number of alkyl halides is 3. The zero-order valence-electron chi connectivity index (χ0n) is 23.5. The number of nitrogens with zero attached hydrogens (tertiary/aromatic N) is 2. The standard InChI is InChI=1S/C29H33F3N4O2S.2H2O/c1-5-24-21(10-15-39-17-20-8-6-7-9-23(20)29(30,31)32)22(27(37)34-24)16-25-18(2)26(19(3)33-25)28(38)36-13-11-35(4)12-14-36;;/h5-10,16,33H,11-15,17H2,1-4H3,(H,34,37);2*1H2/b21-10-,22-16-,24-5+;;. The number of carbonyl (C=O) groups excluding carboxylic acids is 2. The highest BCUT2D eigenvalue weighted by molar-refractivity contribution is 7.98. The number of aromatic amines is 1. The lowest BCUT2D eigenvalue weighted by Gasteiger charge is -2.32. The first-order valence-electron chi connectivity index (χ1n) is 12.8. The zero-order valence-corrected chi connectivity index (χ0v) is 24.4. The molecular formula is C29H37F3N4O4S. The van der Waals surface area contributed by atoms with E-state index in [1.807, 2.05) is 38.8 Å². The highest BCUT2D eigenvalue weighted by Crippen LogP contribution is 2.34. The summed E-state index contributed by atoms with van der Waals surface area (Å²) >= 11 is 1.34. The maximum atomic E-state index is 13.3. The van der Waals surface area contributed by atoms with Gasteiger partial charge in [0.2, 0.25) is 0 Å². The number of hydrogen-bond donors (Lipinski definition) is 2. The molecule has 6 N–H and O–H groups in total. The zero-order chi connectivity index (χ0) is 28.3. The van der Waals surface area contributed by atoms with Crippen LogP contribution >= 0.6 is 11.8 Å². The fourth-order valence-corrected chi connectivity index (χ4v) is 5.77. The van der Waals surface area contributed by atoms with Gasteiger partial charge in [-0.25, -0.2) is 0 Å². The molecule has 2 amide bonds. The molecule has 0 unspecified atom stereocenters. The summed E-state index contributed by atoms with van der Waals surface area (Å²) in [7, 11) is 2.04. The highest BCUT2D eigenvalue weighted by atomic mass is 32.2. The molecule has 0 radical (unpaired) electrons. The first-order valence-corrected chi connectivity index (χ1v) is 14.0. The van der Waals surface area contributed by atoms with Crippen LogP contribution in [0.2, 0.25) is 0 Å². The Bertz CT molecular complexity index is 1360. The second-order valence-corrected chi connectivity index (χ2v) is 10.8. The van der Waals surface area contributed by atoms with Gasteiger partial charge in [0.1, 0.15) is 0 Å². The summed E-state index contributed by atoms with van der Waals surface area (Å²) in [4.78, 5) is 33.5. The summed E-state index contributed by atoms with van der Waals surface area (Å²) in [6.07, 6.45) is 1.01. The molecule has 3 heterocycles.